The second kappa shape index (κ2) is 5.88. The van der Waals surface area contributed by atoms with Gasteiger partial charge in [0.25, 0.3) is 0 Å². The van der Waals surface area contributed by atoms with Crippen molar-refractivity contribution in [3.05, 3.63) is 29.8 Å². The molecule has 2 aliphatic heterocycles. The van der Waals surface area contributed by atoms with Gasteiger partial charge < -0.3 is 4.90 Å². The highest BCUT2D eigenvalue weighted by molar-refractivity contribution is 9.09. The van der Waals surface area contributed by atoms with Crippen molar-refractivity contribution in [3.63, 3.8) is 0 Å². The van der Waals surface area contributed by atoms with Crippen molar-refractivity contribution >= 4 is 33.6 Å². The number of alkyl halides is 1. The van der Waals surface area contributed by atoms with E-state index in [1.54, 1.807) is 0 Å². The summed E-state index contributed by atoms with van der Waals surface area (Å²) in [5.41, 5.74) is 1.24. The zero-order chi connectivity index (χ0) is 13.2. The number of halogens is 1. The van der Waals surface area contributed by atoms with E-state index in [2.05, 4.69) is 39.0 Å². The molecule has 102 valence electrons. The quantitative estimate of drug-likeness (QED) is 0.785. The summed E-state index contributed by atoms with van der Waals surface area (Å²) in [6, 6.07) is 8.35. The summed E-state index contributed by atoms with van der Waals surface area (Å²) in [7, 11) is 0. The molecule has 0 aromatic heterocycles. The van der Waals surface area contributed by atoms with Gasteiger partial charge in [0.05, 0.1) is 5.92 Å². The van der Waals surface area contributed by atoms with Gasteiger partial charge in [-0.25, -0.2) is 0 Å². The standard InChI is InChI=1S/C15H18BrNOS/c16-7-5-11-6-8-17(9-11)15(18)13-10-19-14-4-2-1-3-12(13)14/h1-4,11,13H,5-10H2. The third-order valence-electron chi connectivity index (χ3n) is 4.11. The predicted molar refractivity (Wildman–Crippen MR) is 83.0 cm³/mol. The van der Waals surface area contributed by atoms with Gasteiger partial charge in [-0.3, -0.25) is 4.79 Å². The van der Waals surface area contributed by atoms with Crippen LogP contribution in [-0.2, 0) is 4.79 Å². The normalized spacial score (nSPS) is 25.6. The van der Waals surface area contributed by atoms with Crippen LogP contribution >= 0.6 is 27.7 Å². The number of rotatable bonds is 3. The molecule has 2 heterocycles. The van der Waals surface area contributed by atoms with E-state index in [1.807, 2.05) is 17.8 Å². The number of nitrogens with zero attached hydrogens (tertiary/aromatic N) is 1. The van der Waals surface area contributed by atoms with E-state index in [9.17, 15) is 4.79 Å². The van der Waals surface area contributed by atoms with Crippen molar-refractivity contribution in [3.8, 4) is 0 Å². The number of amides is 1. The maximum atomic E-state index is 12.7. The number of thioether (sulfide) groups is 1. The maximum absolute atomic E-state index is 12.7. The molecule has 1 amide bonds. The highest BCUT2D eigenvalue weighted by Gasteiger charge is 2.35. The monoisotopic (exact) mass is 339 g/mol. The van der Waals surface area contributed by atoms with Crippen LogP contribution in [0.4, 0.5) is 0 Å². The van der Waals surface area contributed by atoms with E-state index in [4.69, 9.17) is 0 Å². The minimum atomic E-state index is 0.0870. The lowest BCUT2D eigenvalue weighted by Crippen LogP contribution is -2.33. The molecule has 0 aliphatic carbocycles. The Morgan fingerprint density at radius 1 is 1.42 bits per heavy atom. The van der Waals surface area contributed by atoms with Crippen LogP contribution in [-0.4, -0.2) is 35.0 Å². The second-order valence-corrected chi connectivity index (χ2v) is 7.17. The fourth-order valence-electron chi connectivity index (χ4n) is 3.01. The molecule has 1 aromatic rings. The molecule has 1 aromatic carbocycles. The molecule has 0 radical (unpaired) electrons. The maximum Gasteiger partial charge on any atom is 0.231 e. The van der Waals surface area contributed by atoms with Gasteiger partial charge in [0.15, 0.2) is 0 Å². The first-order chi connectivity index (χ1) is 9.29. The number of benzene rings is 1. The number of carbonyl (C=O) groups is 1. The Bertz CT molecular complexity index is 479. The highest BCUT2D eigenvalue weighted by atomic mass is 79.9. The van der Waals surface area contributed by atoms with Crippen molar-refractivity contribution < 1.29 is 4.79 Å². The molecule has 2 unspecified atom stereocenters. The molecule has 1 fully saturated rings. The van der Waals surface area contributed by atoms with E-state index in [0.717, 1.165) is 24.2 Å². The number of fused-ring (bicyclic) bond motifs is 1. The van der Waals surface area contributed by atoms with Crippen LogP contribution in [0.2, 0.25) is 0 Å². The Balaban J connectivity index is 1.69. The molecule has 4 heteroatoms. The van der Waals surface area contributed by atoms with Crippen LogP contribution < -0.4 is 0 Å². The molecule has 19 heavy (non-hydrogen) atoms. The third kappa shape index (κ3) is 2.70. The lowest BCUT2D eigenvalue weighted by Gasteiger charge is -2.21. The van der Waals surface area contributed by atoms with Gasteiger partial charge >= 0.3 is 0 Å². The summed E-state index contributed by atoms with van der Waals surface area (Å²) in [5.74, 6) is 2.03. The first-order valence-corrected chi connectivity index (χ1v) is 8.97. The van der Waals surface area contributed by atoms with Crippen LogP contribution in [0.25, 0.3) is 0 Å². The second-order valence-electron chi connectivity index (χ2n) is 5.32. The molecule has 3 rings (SSSR count). The number of carbonyl (C=O) groups excluding carboxylic acids is 1. The zero-order valence-corrected chi connectivity index (χ0v) is 13.3. The van der Waals surface area contributed by atoms with Crippen molar-refractivity contribution in [1.82, 2.24) is 4.90 Å². The molecule has 2 atom stereocenters. The van der Waals surface area contributed by atoms with Gasteiger partial charge in [-0.05, 0) is 30.4 Å². The van der Waals surface area contributed by atoms with Crippen molar-refractivity contribution in [2.45, 2.75) is 23.7 Å². The molecule has 1 saturated heterocycles. The van der Waals surface area contributed by atoms with Gasteiger partial charge in [0.1, 0.15) is 0 Å². The molecule has 0 spiro atoms. The van der Waals surface area contributed by atoms with Gasteiger partial charge in [-0.1, -0.05) is 34.1 Å². The largest absolute Gasteiger partial charge is 0.342 e. The summed E-state index contributed by atoms with van der Waals surface area (Å²) in [5, 5.41) is 1.04. The van der Waals surface area contributed by atoms with Crippen LogP contribution in [0, 0.1) is 5.92 Å². The molecule has 0 saturated carbocycles. The Morgan fingerprint density at radius 2 is 2.26 bits per heavy atom. The third-order valence-corrected chi connectivity index (χ3v) is 5.75. The van der Waals surface area contributed by atoms with E-state index in [-0.39, 0.29) is 5.92 Å². The number of hydrogen-bond acceptors (Lipinski definition) is 2. The smallest absolute Gasteiger partial charge is 0.231 e. The minimum Gasteiger partial charge on any atom is -0.342 e. The van der Waals surface area contributed by atoms with Crippen LogP contribution in [0.15, 0.2) is 29.2 Å². The molecular formula is C15H18BrNOS. The van der Waals surface area contributed by atoms with Crippen molar-refractivity contribution in [1.29, 1.82) is 0 Å². The number of likely N-dealkylation sites (tertiary alicyclic amines) is 1. The van der Waals surface area contributed by atoms with Crippen LogP contribution in [0.3, 0.4) is 0 Å². The summed E-state index contributed by atoms with van der Waals surface area (Å²) >= 11 is 5.32. The van der Waals surface area contributed by atoms with Crippen molar-refractivity contribution in [2.24, 2.45) is 5.92 Å². The van der Waals surface area contributed by atoms with Crippen LogP contribution in [0.1, 0.15) is 24.3 Å². The minimum absolute atomic E-state index is 0.0870. The lowest BCUT2D eigenvalue weighted by atomic mass is 10.00. The first-order valence-electron chi connectivity index (χ1n) is 6.86. The van der Waals surface area contributed by atoms with E-state index < -0.39 is 0 Å². The van der Waals surface area contributed by atoms with Gasteiger partial charge in [-0.2, -0.15) is 0 Å². The fourth-order valence-corrected chi connectivity index (χ4v) is 4.88. The lowest BCUT2D eigenvalue weighted by molar-refractivity contribution is -0.131. The van der Waals surface area contributed by atoms with Gasteiger partial charge in [0, 0.05) is 29.1 Å². The SMILES string of the molecule is O=C(C1CSc2ccccc21)N1CCC(CCBr)C1. The average molecular weight is 340 g/mol. The fraction of sp³-hybridized carbons (Fsp3) is 0.533. The topological polar surface area (TPSA) is 20.3 Å². The Labute approximate surface area is 127 Å². The molecule has 0 bridgehead atoms. The summed E-state index contributed by atoms with van der Waals surface area (Å²) in [4.78, 5) is 16.0. The number of hydrogen-bond donors (Lipinski definition) is 0. The van der Waals surface area contributed by atoms with Gasteiger partial charge in [-0.15, -0.1) is 11.8 Å². The average Bonchev–Trinajstić information content (AvgIpc) is 3.05. The Kier molecular flexibility index (Phi) is 4.18. The predicted octanol–water partition coefficient (Wildman–Crippen LogP) is 3.51. The highest BCUT2D eigenvalue weighted by Crippen LogP contribution is 2.40. The summed E-state index contributed by atoms with van der Waals surface area (Å²) in [6.45, 7) is 1.90. The van der Waals surface area contributed by atoms with Gasteiger partial charge in [0.2, 0.25) is 5.91 Å². The van der Waals surface area contributed by atoms with Crippen LogP contribution in [0.5, 0.6) is 0 Å². The summed E-state index contributed by atoms with van der Waals surface area (Å²) in [6.07, 6.45) is 2.35. The zero-order valence-electron chi connectivity index (χ0n) is 10.8. The molecule has 0 N–H and O–H groups in total. The van der Waals surface area contributed by atoms with Crippen molar-refractivity contribution in [2.75, 3.05) is 24.2 Å². The van der Waals surface area contributed by atoms with E-state index >= 15 is 0 Å². The molecular weight excluding hydrogens is 322 g/mol. The summed E-state index contributed by atoms with van der Waals surface area (Å²) < 4.78 is 0. The van der Waals surface area contributed by atoms with E-state index in [0.29, 0.717) is 11.8 Å². The Morgan fingerprint density at radius 3 is 3.11 bits per heavy atom. The molecule has 2 aliphatic rings. The molecule has 2 nitrogen and oxygen atoms in total. The van der Waals surface area contributed by atoms with E-state index in [1.165, 1.54) is 23.3 Å². The first kappa shape index (κ1) is 13.5. The Hall–Kier alpha value is -0.480.